The van der Waals surface area contributed by atoms with E-state index in [1.54, 1.807) is 6.92 Å². The van der Waals surface area contributed by atoms with E-state index in [-0.39, 0.29) is 17.8 Å². The van der Waals surface area contributed by atoms with E-state index in [4.69, 9.17) is 0 Å². The Balaban J connectivity index is 3.17. The molecule has 0 aliphatic carbocycles. The van der Waals surface area contributed by atoms with Crippen LogP contribution in [0, 0.1) is 10.1 Å². The van der Waals surface area contributed by atoms with Gasteiger partial charge in [-0.25, -0.2) is 0 Å². The summed E-state index contributed by atoms with van der Waals surface area (Å²) in [5.41, 5.74) is 0.456. The van der Waals surface area contributed by atoms with Gasteiger partial charge in [-0.05, 0) is 13.8 Å². The number of hydrogen-bond donors (Lipinski definition) is 0. The maximum atomic E-state index is 11.1. The normalized spacial score (nSPS) is 17.8. The third-order valence-electron chi connectivity index (χ3n) is 1.56. The molecule has 0 radical (unpaired) electrons. The van der Waals surface area contributed by atoms with E-state index in [1.165, 1.54) is 6.92 Å². The lowest BCUT2D eigenvalue weighted by atomic mass is 10.1. The van der Waals surface area contributed by atoms with Gasteiger partial charge >= 0.3 is 5.70 Å². The van der Waals surface area contributed by atoms with Gasteiger partial charge in [0.1, 0.15) is 5.70 Å². The van der Waals surface area contributed by atoms with Gasteiger partial charge in [-0.3, -0.25) is 19.9 Å². The molecule has 0 unspecified atom stereocenters. The Morgan fingerprint density at radius 1 is 1.50 bits per heavy atom. The number of ketones is 1. The van der Waals surface area contributed by atoms with E-state index in [1.807, 2.05) is 0 Å². The van der Waals surface area contributed by atoms with Crippen LogP contribution < -0.4 is 0 Å². The van der Waals surface area contributed by atoms with Crippen molar-refractivity contribution in [1.29, 1.82) is 0 Å². The zero-order valence-corrected chi connectivity index (χ0v) is 6.83. The predicted octanol–water partition coefficient (Wildman–Crippen LogP) is 0.928. The summed E-state index contributed by atoms with van der Waals surface area (Å²) in [6, 6.07) is 0. The molecule has 0 aromatic carbocycles. The second-order valence-corrected chi connectivity index (χ2v) is 2.64. The Morgan fingerprint density at radius 2 is 2.08 bits per heavy atom. The second kappa shape index (κ2) is 2.84. The van der Waals surface area contributed by atoms with Crippen molar-refractivity contribution in [2.45, 2.75) is 20.3 Å². The molecule has 1 heterocycles. The molecular formula is C7H8N2O3. The van der Waals surface area contributed by atoms with Crippen LogP contribution in [0.3, 0.4) is 0 Å². The van der Waals surface area contributed by atoms with Gasteiger partial charge in [0.25, 0.3) is 0 Å². The summed E-state index contributed by atoms with van der Waals surface area (Å²) in [6.07, 6.45) is 0.0631. The fourth-order valence-corrected chi connectivity index (χ4v) is 1.13. The summed E-state index contributed by atoms with van der Waals surface area (Å²) in [4.78, 5) is 24.6. The van der Waals surface area contributed by atoms with Gasteiger partial charge in [0, 0.05) is 5.71 Å². The molecule has 0 saturated heterocycles. The quantitative estimate of drug-likeness (QED) is 0.431. The lowest BCUT2D eigenvalue weighted by Crippen LogP contribution is -2.19. The van der Waals surface area contributed by atoms with Crippen molar-refractivity contribution in [3.05, 3.63) is 21.5 Å². The number of nitro groups is 1. The summed E-state index contributed by atoms with van der Waals surface area (Å²) in [6.45, 7) is 3.15. The van der Waals surface area contributed by atoms with Crippen molar-refractivity contribution < 1.29 is 9.72 Å². The second-order valence-electron chi connectivity index (χ2n) is 2.64. The van der Waals surface area contributed by atoms with Crippen LogP contribution in [-0.4, -0.2) is 16.4 Å². The average molecular weight is 168 g/mol. The van der Waals surface area contributed by atoms with Gasteiger partial charge in [-0.15, -0.1) is 0 Å². The summed E-state index contributed by atoms with van der Waals surface area (Å²) in [7, 11) is 0. The maximum Gasteiger partial charge on any atom is 0.333 e. The largest absolute Gasteiger partial charge is 0.333 e. The number of Topliss-reactive ketones (excluding diaryl/α,β-unsaturated/α-hetero) is 1. The molecule has 1 aliphatic heterocycles. The van der Waals surface area contributed by atoms with Crippen LogP contribution in [-0.2, 0) is 4.79 Å². The van der Waals surface area contributed by atoms with Crippen LogP contribution in [0.25, 0.3) is 0 Å². The first-order chi connectivity index (χ1) is 5.52. The van der Waals surface area contributed by atoms with Gasteiger partial charge in [0.05, 0.1) is 11.3 Å². The monoisotopic (exact) mass is 168 g/mol. The van der Waals surface area contributed by atoms with Crippen LogP contribution in [0.4, 0.5) is 0 Å². The smallest absolute Gasteiger partial charge is 0.287 e. The molecule has 0 atom stereocenters. The van der Waals surface area contributed by atoms with Crippen molar-refractivity contribution in [3.8, 4) is 0 Å². The topological polar surface area (TPSA) is 72.6 Å². The number of nitrogens with zero attached hydrogens (tertiary/aromatic N) is 2. The molecule has 0 aromatic rings. The summed E-state index contributed by atoms with van der Waals surface area (Å²) in [5, 5.41) is 10.3. The lowest BCUT2D eigenvalue weighted by Gasteiger charge is -2.06. The van der Waals surface area contributed by atoms with Crippen molar-refractivity contribution in [2.24, 2.45) is 4.99 Å². The molecule has 0 spiro atoms. The molecule has 0 saturated carbocycles. The van der Waals surface area contributed by atoms with E-state index in [9.17, 15) is 14.9 Å². The Kier molecular flexibility index (Phi) is 2.03. The fourth-order valence-electron chi connectivity index (χ4n) is 1.13. The molecule has 0 fully saturated rings. The first kappa shape index (κ1) is 8.58. The van der Waals surface area contributed by atoms with Crippen molar-refractivity contribution in [2.75, 3.05) is 0 Å². The van der Waals surface area contributed by atoms with Gasteiger partial charge in [0.2, 0.25) is 5.78 Å². The first-order valence-corrected chi connectivity index (χ1v) is 3.45. The van der Waals surface area contributed by atoms with Gasteiger partial charge < -0.3 is 0 Å². The number of carbonyl (C=O) groups is 1. The Morgan fingerprint density at radius 3 is 2.50 bits per heavy atom. The molecule has 0 bridgehead atoms. The van der Waals surface area contributed by atoms with Crippen LogP contribution in [0.5, 0.6) is 0 Å². The van der Waals surface area contributed by atoms with Crippen LogP contribution >= 0.6 is 0 Å². The highest BCUT2D eigenvalue weighted by Crippen LogP contribution is 2.15. The number of hydrogen-bond acceptors (Lipinski definition) is 4. The first-order valence-electron chi connectivity index (χ1n) is 3.45. The Hall–Kier alpha value is -1.52. The number of allylic oxidation sites excluding steroid dienone is 2. The van der Waals surface area contributed by atoms with Crippen molar-refractivity contribution in [3.63, 3.8) is 0 Å². The predicted molar refractivity (Wildman–Crippen MR) is 42.4 cm³/mol. The van der Waals surface area contributed by atoms with Crippen molar-refractivity contribution >= 4 is 11.5 Å². The van der Waals surface area contributed by atoms with Gasteiger partial charge in [0.15, 0.2) is 0 Å². The van der Waals surface area contributed by atoms with E-state index in [0.29, 0.717) is 5.71 Å². The molecule has 0 amide bonds. The molecule has 0 N–H and O–H groups in total. The van der Waals surface area contributed by atoms with Crippen LogP contribution in [0.2, 0.25) is 0 Å². The summed E-state index contributed by atoms with van der Waals surface area (Å²) >= 11 is 0. The average Bonchev–Trinajstić information content (AvgIpc) is 1.82. The molecule has 12 heavy (non-hydrogen) atoms. The highest BCUT2D eigenvalue weighted by Gasteiger charge is 2.28. The van der Waals surface area contributed by atoms with E-state index < -0.39 is 10.7 Å². The molecule has 1 rings (SSSR count). The van der Waals surface area contributed by atoms with E-state index >= 15 is 0 Å². The SMILES string of the molecule is CC1=NC(C)=C([N+](=O)[O-])C(=O)C1. The van der Waals surface area contributed by atoms with E-state index in [0.717, 1.165) is 0 Å². The minimum Gasteiger partial charge on any atom is -0.287 e. The number of rotatable bonds is 1. The highest BCUT2D eigenvalue weighted by atomic mass is 16.6. The molecule has 0 aromatic heterocycles. The molecule has 64 valence electrons. The summed E-state index contributed by atoms with van der Waals surface area (Å²) in [5.74, 6) is -0.454. The number of aliphatic imine (C=N–C) groups is 1. The maximum absolute atomic E-state index is 11.1. The van der Waals surface area contributed by atoms with Crippen molar-refractivity contribution in [1.82, 2.24) is 0 Å². The Labute approximate surface area is 68.9 Å². The van der Waals surface area contributed by atoms with Gasteiger partial charge in [-0.2, -0.15) is 0 Å². The molecule has 5 heteroatoms. The third-order valence-corrected chi connectivity index (χ3v) is 1.56. The molecule has 5 nitrogen and oxygen atoms in total. The third kappa shape index (κ3) is 1.39. The standard InChI is InChI=1S/C7H8N2O3/c1-4-3-6(10)7(9(11)12)5(2)8-4/h3H2,1-2H3. The van der Waals surface area contributed by atoms with Crippen LogP contribution in [0.1, 0.15) is 20.3 Å². The lowest BCUT2D eigenvalue weighted by molar-refractivity contribution is -0.420. The van der Waals surface area contributed by atoms with E-state index in [2.05, 4.69) is 4.99 Å². The minimum absolute atomic E-state index is 0.0631. The molecular weight excluding hydrogens is 160 g/mol. The summed E-state index contributed by atoms with van der Waals surface area (Å²) < 4.78 is 0. The zero-order chi connectivity index (χ0) is 9.30. The van der Waals surface area contributed by atoms with Crippen LogP contribution in [0.15, 0.2) is 16.4 Å². The highest BCUT2D eigenvalue weighted by molar-refractivity contribution is 6.10. The van der Waals surface area contributed by atoms with Gasteiger partial charge in [-0.1, -0.05) is 0 Å². The molecule has 1 aliphatic rings. The number of carbonyl (C=O) groups excluding carboxylic acids is 1. The minimum atomic E-state index is -0.673. The fraction of sp³-hybridized carbons (Fsp3) is 0.429. The Bertz CT molecular complexity index is 315. The zero-order valence-electron chi connectivity index (χ0n) is 6.83.